The molecule has 1 aromatic rings. The third-order valence-electron chi connectivity index (χ3n) is 3.02. The highest BCUT2D eigenvalue weighted by Gasteiger charge is 2.24. The van der Waals surface area contributed by atoms with Gasteiger partial charge in [0.2, 0.25) is 0 Å². The molecule has 2 N–H and O–H groups in total. The number of ether oxygens (including phenoxy) is 1. The number of rotatable bonds is 3. The molecule has 1 aliphatic rings. The Morgan fingerprint density at radius 3 is 2.78 bits per heavy atom. The molecule has 0 aliphatic carbocycles. The van der Waals surface area contributed by atoms with Crippen molar-refractivity contribution in [2.75, 3.05) is 18.8 Å². The van der Waals surface area contributed by atoms with E-state index in [9.17, 15) is 4.79 Å². The Hall–Kier alpha value is -1.42. The van der Waals surface area contributed by atoms with E-state index >= 15 is 0 Å². The smallest absolute Gasteiger partial charge is 0.263 e. The normalized spacial score (nSPS) is 16.7. The summed E-state index contributed by atoms with van der Waals surface area (Å²) < 4.78 is 5.60. The van der Waals surface area contributed by atoms with Gasteiger partial charge in [0.25, 0.3) is 5.91 Å². The summed E-state index contributed by atoms with van der Waals surface area (Å²) in [6, 6.07) is 5.00. The van der Waals surface area contributed by atoms with Gasteiger partial charge in [0.05, 0.1) is 5.02 Å². The van der Waals surface area contributed by atoms with E-state index in [1.54, 1.807) is 25.1 Å². The molecular weight excluding hydrogens is 252 g/mol. The maximum atomic E-state index is 12.1. The summed E-state index contributed by atoms with van der Waals surface area (Å²) in [6.45, 7) is 3.37. The van der Waals surface area contributed by atoms with Crippen LogP contribution in [0.1, 0.15) is 19.8 Å². The quantitative estimate of drug-likeness (QED) is 0.856. The average Bonchev–Trinajstić information content (AvgIpc) is 2.86. The monoisotopic (exact) mass is 268 g/mol. The van der Waals surface area contributed by atoms with Crippen LogP contribution in [-0.2, 0) is 4.79 Å². The number of likely N-dealkylation sites (tertiary alicyclic amines) is 1. The summed E-state index contributed by atoms with van der Waals surface area (Å²) in [5, 5.41) is 0.463. The van der Waals surface area contributed by atoms with E-state index < -0.39 is 6.10 Å². The standard InChI is InChI=1S/C13H17ClN2O2/c1-9(13(17)16-6-2-3-7-16)18-12-8-10(15)4-5-11(12)14/h4-5,8-9H,2-3,6-7,15H2,1H3. The number of anilines is 1. The summed E-state index contributed by atoms with van der Waals surface area (Å²) >= 11 is 6.00. The van der Waals surface area contributed by atoms with Crippen molar-refractivity contribution < 1.29 is 9.53 Å². The Kier molecular flexibility index (Phi) is 3.97. The number of hydrogen-bond donors (Lipinski definition) is 1. The lowest BCUT2D eigenvalue weighted by Crippen LogP contribution is -2.38. The fraction of sp³-hybridized carbons (Fsp3) is 0.462. The van der Waals surface area contributed by atoms with Crippen LogP contribution in [-0.4, -0.2) is 30.0 Å². The van der Waals surface area contributed by atoms with E-state index in [-0.39, 0.29) is 5.91 Å². The van der Waals surface area contributed by atoms with E-state index in [1.807, 2.05) is 4.90 Å². The summed E-state index contributed by atoms with van der Waals surface area (Å²) in [5.74, 6) is 0.461. The highest BCUT2D eigenvalue weighted by atomic mass is 35.5. The second-order valence-electron chi connectivity index (χ2n) is 4.48. The molecular formula is C13H17ClN2O2. The van der Waals surface area contributed by atoms with Gasteiger partial charge in [-0.15, -0.1) is 0 Å². The lowest BCUT2D eigenvalue weighted by Gasteiger charge is -2.21. The van der Waals surface area contributed by atoms with Crippen LogP contribution in [0.5, 0.6) is 5.75 Å². The number of carbonyl (C=O) groups is 1. The number of halogens is 1. The minimum Gasteiger partial charge on any atom is -0.479 e. The Bertz CT molecular complexity index is 445. The number of benzene rings is 1. The SMILES string of the molecule is CC(Oc1cc(N)ccc1Cl)C(=O)N1CCCC1. The van der Waals surface area contributed by atoms with Crippen LogP contribution < -0.4 is 10.5 Å². The van der Waals surface area contributed by atoms with E-state index in [0.29, 0.717) is 16.5 Å². The van der Waals surface area contributed by atoms with Gasteiger partial charge in [0.1, 0.15) is 5.75 Å². The predicted octanol–water partition coefficient (Wildman–Crippen LogP) is 2.31. The molecule has 2 rings (SSSR count). The molecule has 0 aromatic heterocycles. The molecule has 1 heterocycles. The predicted molar refractivity (Wildman–Crippen MR) is 71.8 cm³/mol. The minimum absolute atomic E-state index is 0.00555. The Morgan fingerprint density at radius 2 is 2.11 bits per heavy atom. The summed E-state index contributed by atoms with van der Waals surface area (Å²) in [6.07, 6.45) is 1.59. The van der Waals surface area contributed by atoms with Gasteiger partial charge in [-0.3, -0.25) is 4.79 Å². The first-order valence-corrected chi connectivity index (χ1v) is 6.46. The van der Waals surface area contributed by atoms with Gasteiger partial charge >= 0.3 is 0 Å². The number of nitrogen functional groups attached to an aromatic ring is 1. The van der Waals surface area contributed by atoms with Gasteiger partial charge in [0.15, 0.2) is 6.10 Å². The number of nitrogens with zero attached hydrogens (tertiary/aromatic N) is 1. The van der Waals surface area contributed by atoms with Gasteiger partial charge in [-0.1, -0.05) is 11.6 Å². The molecule has 5 heteroatoms. The molecule has 1 atom stereocenters. The van der Waals surface area contributed by atoms with E-state index in [0.717, 1.165) is 25.9 Å². The lowest BCUT2D eigenvalue weighted by atomic mass is 10.3. The number of nitrogens with two attached hydrogens (primary N) is 1. The first-order valence-electron chi connectivity index (χ1n) is 6.08. The molecule has 1 amide bonds. The van der Waals surface area contributed by atoms with Crippen molar-refractivity contribution in [2.45, 2.75) is 25.9 Å². The van der Waals surface area contributed by atoms with Crippen molar-refractivity contribution in [3.8, 4) is 5.75 Å². The minimum atomic E-state index is -0.539. The zero-order valence-corrected chi connectivity index (χ0v) is 11.1. The van der Waals surface area contributed by atoms with Crippen molar-refractivity contribution in [1.82, 2.24) is 4.90 Å². The van der Waals surface area contributed by atoms with Crippen molar-refractivity contribution in [2.24, 2.45) is 0 Å². The molecule has 0 saturated carbocycles. The Labute approximate surface area is 112 Å². The highest BCUT2D eigenvalue weighted by Crippen LogP contribution is 2.27. The van der Waals surface area contributed by atoms with Crippen LogP contribution in [0.2, 0.25) is 5.02 Å². The van der Waals surface area contributed by atoms with Gasteiger partial charge in [0, 0.05) is 24.8 Å². The molecule has 1 aromatic carbocycles. The fourth-order valence-corrected chi connectivity index (χ4v) is 2.21. The maximum Gasteiger partial charge on any atom is 0.263 e. The van der Waals surface area contributed by atoms with Crippen LogP contribution >= 0.6 is 11.6 Å². The molecule has 0 radical (unpaired) electrons. The Balaban J connectivity index is 2.03. The van der Waals surface area contributed by atoms with Gasteiger partial charge in [-0.25, -0.2) is 0 Å². The molecule has 4 nitrogen and oxygen atoms in total. The number of hydrogen-bond acceptors (Lipinski definition) is 3. The van der Waals surface area contributed by atoms with Crippen molar-refractivity contribution in [3.63, 3.8) is 0 Å². The molecule has 98 valence electrons. The van der Waals surface area contributed by atoms with Crippen LogP contribution in [0.3, 0.4) is 0 Å². The van der Waals surface area contributed by atoms with E-state index in [2.05, 4.69) is 0 Å². The molecule has 0 spiro atoms. The van der Waals surface area contributed by atoms with Crippen molar-refractivity contribution >= 4 is 23.2 Å². The molecule has 1 fully saturated rings. The largest absolute Gasteiger partial charge is 0.479 e. The fourth-order valence-electron chi connectivity index (χ4n) is 2.05. The topological polar surface area (TPSA) is 55.6 Å². The molecule has 1 saturated heterocycles. The van der Waals surface area contributed by atoms with Crippen LogP contribution in [0.25, 0.3) is 0 Å². The molecule has 18 heavy (non-hydrogen) atoms. The van der Waals surface area contributed by atoms with E-state index in [1.165, 1.54) is 0 Å². The summed E-state index contributed by atoms with van der Waals surface area (Å²) in [4.78, 5) is 13.9. The van der Waals surface area contributed by atoms with Crippen molar-refractivity contribution in [1.29, 1.82) is 0 Å². The first-order chi connectivity index (χ1) is 8.58. The number of amides is 1. The molecule has 0 bridgehead atoms. The van der Waals surface area contributed by atoms with Crippen LogP contribution in [0, 0.1) is 0 Å². The van der Waals surface area contributed by atoms with Crippen LogP contribution in [0.4, 0.5) is 5.69 Å². The first kappa shape index (κ1) is 13.0. The third kappa shape index (κ3) is 2.88. The van der Waals surface area contributed by atoms with Gasteiger partial charge in [-0.05, 0) is 31.9 Å². The Morgan fingerprint density at radius 1 is 1.44 bits per heavy atom. The summed E-state index contributed by atoms with van der Waals surface area (Å²) in [5.41, 5.74) is 6.23. The van der Waals surface area contributed by atoms with Crippen molar-refractivity contribution in [3.05, 3.63) is 23.2 Å². The average molecular weight is 269 g/mol. The lowest BCUT2D eigenvalue weighted by molar-refractivity contribution is -0.136. The zero-order chi connectivity index (χ0) is 13.1. The maximum absolute atomic E-state index is 12.1. The number of carbonyl (C=O) groups excluding carboxylic acids is 1. The third-order valence-corrected chi connectivity index (χ3v) is 3.34. The molecule has 1 aliphatic heterocycles. The second-order valence-corrected chi connectivity index (χ2v) is 4.89. The zero-order valence-electron chi connectivity index (χ0n) is 10.4. The van der Waals surface area contributed by atoms with Gasteiger partial charge < -0.3 is 15.4 Å². The molecule has 1 unspecified atom stereocenters. The van der Waals surface area contributed by atoms with Gasteiger partial charge in [-0.2, -0.15) is 0 Å². The summed E-state index contributed by atoms with van der Waals surface area (Å²) in [7, 11) is 0. The second kappa shape index (κ2) is 5.48. The highest BCUT2D eigenvalue weighted by molar-refractivity contribution is 6.32. The van der Waals surface area contributed by atoms with E-state index in [4.69, 9.17) is 22.1 Å². The van der Waals surface area contributed by atoms with Crippen LogP contribution in [0.15, 0.2) is 18.2 Å².